The second kappa shape index (κ2) is 5.82. The van der Waals surface area contributed by atoms with Crippen molar-refractivity contribution < 1.29 is 13.2 Å². The summed E-state index contributed by atoms with van der Waals surface area (Å²) in [5, 5.41) is 0.313. The first-order chi connectivity index (χ1) is 9.74. The molecule has 0 aliphatic rings. The first-order valence-corrected chi connectivity index (χ1v) is 8.93. The molecule has 0 aliphatic carbocycles. The molecule has 0 amide bonds. The van der Waals surface area contributed by atoms with Crippen molar-refractivity contribution in [2.24, 2.45) is 0 Å². The Labute approximate surface area is 135 Å². The summed E-state index contributed by atoms with van der Waals surface area (Å²) in [5.41, 5.74) is 6.85. The highest BCUT2D eigenvalue weighted by Gasteiger charge is 2.22. The number of thiazole rings is 1. The van der Waals surface area contributed by atoms with Gasteiger partial charge < -0.3 is 10.5 Å². The molecule has 0 bridgehead atoms. The number of ether oxygens (including phenoxy) is 1. The van der Waals surface area contributed by atoms with Crippen molar-refractivity contribution in [2.75, 3.05) is 17.6 Å². The zero-order valence-corrected chi connectivity index (χ0v) is 14.8. The van der Waals surface area contributed by atoms with Gasteiger partial charge in [-0.1, -0.05) is 0 Å². The lowest BCUT2D eigenvalue weighted by Gasteiger charge is -2.11. The smallest absolute Gasteiger partial charge is 0.267 e. The van der Waals surface area contributed by atoms with Crippen LogP contribution < -0.4 is 15.2 Å². The second-order valence-corrected chi connectivity index (χ2v) is 8.00. The molecule has 0 radical (unpaired) electrons. The molecule has 0 atom stereocenters. The maximum Gasteiger partial charge on any atom is 0.267 e. The maximum atomic E-state index is 12.5. The quantitative estimate of drug-likeness (QED) is 0.781. The standard InChI is InChI=1S/C12H14BrN3O3S2/c1-6-7(2)20-12(15-6)16-21(17,18)11-5-9(14)8(13)4-10(11)19-3/h4-5H,14H2,1-3H3,(H,15,16). The molecule has 21 heavy (non-hydrogen) atoms. The molecule has 1 heterocycles. The molecule has 6 nitrogen and oxygen atoms in total. The van der Waals surface area contributed by atoms with Gasteiger partial charge in [0.15, 0.2) is 5.13 Å². The Morgan fingerprint density at radius 1 is 1.38 bits per heavy atom. The fourth-order valence-electron chi connectivity index (χ4n) is 1.61. The Morgan fingerprint density at radius 2 is 2.05 bits per heavy atom. The fourth-order valence-corrected chi connectivity index (χ4v) is 4.17. The number of sulfonamides is 1. The molecule has 9 heteroatoms. The van der Waals surface area contributed by atoms with Crippen molar-refractivity contribution in [1.29, 1.82) is 0 Å². The lowest BCUT2D eigenvalue weighted by molar-refractivity contribution is 0.402. The van der Waals surface area contributed by atoms with Crippen molar-refractivity contribution in [2.45, 2.75) is 18.7 Å². The van der Waals surface area contributed by atoms with E-state index >= 15 is 0 Å². The molecule has 1 aromatic carbocycles. The number of nitrogens with one attached hydrogen (secondary N) is 1. The third kappa shape index (κ3) is 3.30. The average molecular weight is 392 g/mol. The zero-order chi connectivity index (χ0) is 15.8. The highest BCUT2D eigenvalue weighted by atomic mass is 79.9. The fraction of sp³-hybridized carbons (Fsp3) is 0.250. The molecule has 0 spiro atoms. The number of rotatable bonds is 4. The molecular formula is C12H14BrN3O3S2. The van der Waals surface area contributed by atoms with E-state index in [0.717, 1.165) is 10.6 Å². The summed E-state index contributed by atoms with van der Waals surface area (Å²) in [6, 6.07) is 2.86. The van der Waals surface area contributed by atoms with Crippen LogP contribution in [-0.4, -0.2) is 20.5 Å². The first-order valence-electron chi connectivity index (χ1n) is 5.84. The number of methoxy groups -OCH3 is 1. The molecule has 2 rings (SSSR count). The van der Waals surface area contributed by atoms with Gasteiger partial charge in [0.05, 0.1) is 12.8 Å². The van der Waals surface area contributed by atoms with Crippen molar-refractivity contribution in [3.05, 3.63) is 27.2 Å². The number of anilines is 2. The number of hydrogen-bond acceptors (Lipinski definition) is 6. The van der Waals surface area contributed by atoms with E-state index in [0.29, 0.717) is 15.3 Å². The minimum Gasteiger partial charge on any atom is -0.495 e. The van der Waals surface area contributed by atoms with Gasteiger partial charge in [-0.2, -0.15) is 0 Å². The van der Waals surface area contributed by atoms with E-state index in [1.807, 2.05) is 13.8 Å². The van der Waals surface area contributed by atoms with E-state index in [-0.39, 0.29) is 10.6 Å². The average Bonchev–Trinajstić information content (AvgIpc) is 2.70. The Bertz CT molecular complexity index is 768. The SMILES string of the molecule is COc1cc(Br)c(N)cc1S(=O)(=O)Nc1nc(C)c(C)s1. The molecular weight excluding hydrogens is 378 g/mol. The topological polar surface area (TPSA) is 94.3 Å². The molecule has 0 saturated heterocycles. The molecule has 3 N–H and O–H groups in total. The van der Waals surface area contributed by atoms with Gasteiger partial charge in [0.2, 0.25) is 0 Å². The Morgan fingerprint density at radius 3 is 2.57 bits per heavy atom. The summed E-state index contributed by atoms with van der Waals surface area (Å²) >= 11 is 4.51. The number of benzene rings is 1. The third-order valence-corrected chi connectivity index (χ3v) is 5.99. The van der Waals surface area contributed by atoms with Crippen LogP contribution in [0.1, 0.15) is 10.6 Å². The normalized spacial score (nSPS) is 11.4. The van der Waals surface area contributed by atoms with E-state index < -0.39 is 10.0 Å². The molecule has 1 aromatic heterocycles. The van der Waals surface area contributed by atoms with Gasteiger partial charge in [-0.15, -0.1) is 11.3 Å². The molecule has 0 aliphatic heterocycles. The largest absolute Gasteiger partial charge is 0.495 e. The number of nitrogens with zero attached hydrogens (tertiary/aromatic N) is 1. The minimum atomic E-state index is -3.83. The predicted molar refractivity (Wildman–Crippen MR) is 87.5 cm³/mol. The van der Waals surface area contributed by atoms with E-state index in [2.05, 4.69) is 25.6 Å². The Kier molecular flexibility index (Phi) is 4.45. The van der Waals surface area contributed by atoms with Crippen LogP contribution in [0.2, 0.25) is 0 Å². The van der Waals surface area contributed by atoms with Gasteiger partial charge in [0.1, 0.15) is 10.6 Å². The monoisotopic (exact) mass is 391 g/mol. The Balaban J connectivity index is 2.46. The third-order valence-electron chi connectivity index (χ3n) is 2.82. The van der Waals surface area contributed by atoms with E-state index in [1.54, 1.807) is 0 Å². The van der Waals surface area contributed by atoms with Crippen molar-refractivity contribution in [1.82, 2.24) is 4.98 Å². The predicted octanol–water partition coefficient (Wildman–Crippen LogP) is 2.91. The van der Waals surface area contributed by atoms with E-state index in [9.17, 15) is 8.42 Å². The number of aryl methyl sites for hydroxylation is 2. The van der Waals surface area contributed by atoms with Gasteiger partial charge >= 0.3 is 0 Å². The summed E-state index contributed by atoms with van der Waals surface area (Å²) < 4.78 is 33.1. The van der Waals surface area contributed by atoms with Crippen LogP contribution in [0.25, 0.3) is 0 Å². The lowest BCUT2D eigenvalue weighted by Crippen LogP contribution is -2.14. The first kappa shape index (κ1) is 16.1. The summed E-state index contributed by atoms with van der Waals surface area (Å²) in [6.45, 7) is 3.70. The van der Waals surface area contributed by atoms with Gasteiger partial charge in [0, 0.05) is 15.0 Å². The van der Waals surface area contributed by atoms with Crippen molar-refractivity contribution in [3.8, 4) is 5.75 Å². The summed E-state index contributed by atoms with van der Waals surface area (Å²) in [6.07, 6.45) is 0. The molecule has 2 aromatic rings. The number of halogens is 1. The summed E-state index contributed by atoms with van der Waals surface area (Å²) in [4.78, 5) is 5.09. The van der Waals surface area contributed by atoms with Crippen molar-refractivity contribution in [3.63, 3.8) is 0 Å². The molecule has 0 fully saturated rings. The number of hydrogen-bond donors (Lipinski definition) is 2. The van der Waals surface area contributed by atoms with Crippen LogP contribution in [0.4, 0.5) is 10.8 Å². The van der Waals surface area contributed by atoms with Crippen molar-refractivity contribution >= 4 is 48.1 Å². The van der Waals surface area contributed by atoms with Gasteiger partial charge in [-0.25, -0.2) is 13.4 Å². The number of nitrogens with two attached hydrogens (primary N) is 1. The van der Waals surface area contributed by atoms with E-state index in [4.69, 9.17) is 10.5 Å². The van der Waals surface area contributed by atoms with Gasteiger partial charge in [-0.05, 0) is 41.9 Å². The summed E-state index contributed by atoms with van der Waals surface area (Å²) in [7, 11) is -2.43. The molecule has 114 valence electrons. The zero-order valence-electron chi connectivity index (χ0n) is 11.6. The Hall–Kier alpha value is -1.32. The highest BCUT2D eigenvalue weighted by Crippen LogP contribution is 2.34. The van der Waals surface area contributed by atoms with Gasteiger partial charge in [-0.3, -0.25) is 4.72 Å². The molecule has 0 saturated carbocycles. The maximum absolute atomic E-state index is 12.5. The van der Waals surface area contributed by atoms with Crippen LogP contribution in [0.3, 0.4) is 0 Å². The van der Waals surface area contributed by atoms with Gasteiger partial charge in [0.25, 0.3) is 10.0 Å². The second-order valence-electron chi connectivity index (χ2n) is 4.29. The van der Waals surface area contributed by atoms with Crippen LogP contribution in [-0.2, 0) is 10.0 Å². The van der Waals surface area contributed by atoms with Crippen LogP contribution in [0.5, 0.6) is 5.75 Å². The lowest BCUT2D eigenvalue weighted by atomic mass is 10.3. The number of nitrogen functional groups attached to an aromatic ring is 1. The highest BCUT2D eigenvalue weighted by molar-refractivity contribution is 9.10. The van der Waals surface area contributed by atoms with Crippen LogP contribution >= 0.6 is 27.3 Å². The molecule has 0 unspecified atom stereocenters. The van der Waals surface area contributed by atoms with Crippen LogP contribution in [0.15, 0.2) is 21.5 Å². The number of aromatic nitrogens is 1. The van der Waals surface area contributed by atoms with E-state index in [1.165, 1.54) is 30.6 Å². The minimum absolute atomic E-state index is 0.0313. The van der Waals surface area contributed by atoms with Crippen LogP contribution in [0, 0.1) is 13.8 Å². The summed E-state index contributed by atoms with van der Waals surface area (Å²) in [5.74, 6) is 0.202.